The van der Waals surface area contributed by atoms with Gasteiger partial charge in [-0.25, -0.2) is 0 Å². The molecular weight excluding hydrogens is 212 g/mol. The standard InChI is InChI=1S/C14H30N2O/c1-5-7-15-12(2)14(3,4)11-16-8-6-13(9-16)10-17/h12-13,15,17H,5-11H2,1-4H3. The van der Waals surface area contributed by atoms with Gasteiger partial charge in [-0.05, 0) is 44.2 Å². The molecule has 1 aliphatic rings. The van der Waals surface area contributed by atoms with E-state index in [2.05, 4.69) is 37.9 Å². The Labute approximate surface area is 107 Å². The van der Waals surface area contributed by atoms with E-state index in [1.54, 1.807) is 0 Å². The van der Waals surface area contributed by atoms with Gasteiger partial charge in [0.25, 0.3) is 0 Å². The first-order valence-electron chi connectivity index (χ1n) is 7.06. The highest BCUT2D eigenvalue weighted by atomic mass is 16.3. The molecule has 2 unspecified atom stereocenters. The Bertz CT molecular complexity index is 218. The number of aliphatic hydroxyl groups excluding tert-OH is 1. The van der Waals surface area contributed by atoms with Gasteiger partial charge < -0.3 is 15.3 Å². The molecular formula is C14H30N2O. The van der Waals surface area contributed by atoms with Gasteiger partial charge in [0.05, 0.1) is 0 Å². The normalized spacial score (nSPS) is 24.2. The molecule has 0 saturated carbocycles. The minimum atomic E-state index is 0.291. The summed E-state index contributed by atoms with van der Waals surface area (Å²) in [4.78, 5) is 2.50. The predicted octanol–water partition coefficient (Wildman–Crippen LogP) is 1.71. The lowest BCUT2D eigenvalue weighted by Crippen LogP contribution is -2.46. The van der Waals surface area contributed by atoms with Crippen molar-refractivity contribution in [3.05, 3.63) is 0 Å². The molecule has 2 N–H and O–H groups in total. The van der Waals surface area contributed by atoms with E-state index in [-0.39, 0.29) is 0 Å². The van der Waals surface area contributed by atoms with Crippen LogP contribution in [0.4, 0.5) is 0 Å². The maximum absolute atomic E-state index is 9.17. The number of nitrogens with zero attached hydrogens (tertiary/aromatic N) is 1. The Balaban J connectivity index is 2.37. The third-order valence-corrected chi connectivity index (χ3v) is 4.13. The highest BCUT2D eigenvalue weighted by Crippen LogP contribution is 2.25. The lowest BCUT2D eigenvalue weighted by Gasteiger charge is -2.36. The Morgan fingerprint density at radius 1 is 1.47 bits per heavy atom. The van der Waals surface area contributed by atoms with E-state index in [0.29, 0.717) is 24.0 Å². The van der Waals surface area contributed by atoms with Crippen molar-refractivity contribution in [1.29, 1.82) is 0 Å². The zero-order valence-electron chi connectivity index (χ0n) is 12.0. The van der Waals surface area contributed by atoms with E-state index >= 15 is 0 Å². The van der Waals surface area contributed by atoms with Crippen LogP contribution in [0.15, 0.2) is 0 Å². The second kappa shape index (κ2) is 6.72. The van der Waals surface area contributed by atoms with Gasteiger partial charge in [0.15, 0.2) is 0 Å². The maximum Gasteiger partial charge on any atom is 0.0471 e. The summed E-state index contributed by atoms with van der Waals surface area (Å²) in [5, 5.41) is 12.8. The van der Waals surface area contributed by atoms with Crippen molar-refractivity contribution in [1.82, 2.24) is 10.2 Å². The maximum atomic E-state index is 9.17. The summed E-state index contributed by atoms with van der Waals surface area (Å²) in [6, 6.07) is 0.538. The molecule has 0 amide bonds. The van der Waals surface area contributed by atoms with Crippen molar-refractivity contribution in [2.45, 2.75) is 46.6 Å². The van der Waals surface area contributed by atoms with Crippen LogP contribution in [0.25, 0.3) is 0 Å². The van der Waals surface area contributed by atoms with E-state index in [1.807, 2.05) is 0 Å². The molecule has 0 spiro atoms. The first-order chi connectivity index (χ1) is 7.99. The van der Waals surface area contributed by atoms with E-state index in [0.717, 1.165) is 32.6 Å². The van der Waals surface area contributed by atoms with Crippen LogP contribution in [0.3, 0.4) is 0 Å². The van der Waals surface area contributed by atoms with Crippen molar-refractivity contribution in [2.24, 2.45) is 11.3 Å². The average molecular weight is 242 g/mol. The van der Waals surface area contributed by atoms with Gasteiger partial charge >= 0.3 is 0 Å². The smallest absolute Gasteiger partial charge is 0.0471 e. The Morgan fingerprint density at radius 3 is 2.71 bits per heavy atom. The third kappa shape index (κ3) is 4.57. The van der Waals surface area contributed by atoms with Crippen LogP contribution >= 0.6 is 0 Å². The van der Waals surface area contributed by atoms with Gasteiger partial charge in [-0.3, -0.25) is 0 Å². The van der Waals surface area contributed by atoms with Crippen molar-refractivity contribution in [2.75, 3.05) is 32.8 Å². The topological polar surface area (TPSA) is 35.5 Å². The molecule has 1 aliphatic heterocycles. The SMILES string of the molecule is CCCNC(C)C(C)(C)CN1CCC(CO)C1. The highest BCUT2D eigenvalue weighted by Gasteiger charge is 2.31. The van der Waals surface area contributed by atoms with Gasteiger partial charge in [0.1, 0.15) is 0 Å². The molecule has 1 rings (SSSR count). The summed E-state index contributed by atoms with van der Waals surface area (Å²) in [7, 11) is 0. The van der Waals surface area contributed by atoms with Crippen LogP contribution in [0.5, 0.6) is 0 Å². The predicted molar refractivity (Wildman–Crippen MR) is 73.2 cm³/mol. The largest absolute Gasteiger partial charge is 0.396 e. The van der Waals surface area contributed by atoms with Crippen LogP contribution in [0.2, 0.25) is 0 Å². The van der Waals surface area contributed by atoms with Gasteiger partial charge in [0, 0.05) is 25.7 Å². The number of aliphatic hydroxyl groups is 1. The number of rotatable bonds is 7. The molecule has 0 radical (unpaired) electrons. The molecule has 0 bridgehead atoms. The van der Waals surface area contributed by atoms with E-state index in [4.69, 9.17) is 5.11 Å². The fourth-order valence-electron chi connectivity index (χ4n) is 2.56. The van der Waals surface area contributed by atoms with Crippen molar-refractivity contribution in [3.63, 3.8) is 0 Å². The van der Waals surface area contributed by atoms with Gasteiger partial charge in [-0.15, -0.1) is 0 Å². The van der Waals surface area contributed by atoms with E-state index in [9.17, 15) is 0 Å². The van der Waals surface area contributed by atoms with Crippen molar-refractivity contribution < 1.29 is 5.11 Å². The molecule has 0 aromatic heterocycles. The molecule has 0 aromatic carbocycles. The fourth-order valence-corrected chi connectivity index (χ4v) is 2.56. The number of hydrogen-bond donors (Lipinski definition) is 2. The molecule has 1 fully saturated rings. The molecule has 1 saturated heterocycles. The van der Waals surface area contributed by atoms with Gasteiger partial charge in [-0.2, -0.15) is 0 Å². The first-order valence-corrected chi connectivity index (χ1v) is 7.06. The second-order valence-electron chi connectivity index (χ2n) is 6.24. The summed E-state index contributed by atoms with van der Waals surface area (Å²) in [5.41, 5.74) is 0.291. The van der Waals surface area contributed by atoms with Crippen molar-refractivity contribution >= 4 is 0 Å². The number of hydrogen-bond acceptors (Lipinski definition) is 3. The second-order valence-corrected chi connectivity index (χ2v) is 6.24. The van der Waals surface area contributed by atoms with Gasteiger partial charge in [-0.1, -0.05) is 20.8 Å². The summed E-state index contributed by atoms with van der Waals surface area (Å²) in [6.45, 7) is 14.0. The molecule has 3 heteroatoms. The zero-order chi connectivity index (χ0) is 12.9. The Morgan fingerprint density at radius 2 is 2.18 bits per heavy atom. The van der Waals surface area contributed by atoms with Crippen LogP contribution in [-0.4, -0.2) is 48.8 Å². The van der Waals surface area contributed by atoms with Gasteiger partial charge in [0.2, 0.25) is 0 Å². The molecule has 17 heavy (non-hydrogen) atoms. The summed E-state index contributed by atoms with van der Waals surface area (Å²) in [5.74, 6) is 0.504. The molecule has 0 aliphatic carbocycles. The lowest BCUT2D eigenvalue weighted by molar-refractivity contribution is 0.153. The zero-order valence-corrected chi connectivity index (χ0v) is 12.0. The molecule has 2 atom stereocenters. The van der Waals surface area contributed by atoms with Crippen LogP contribution in [0, 0.1) is 11.3 Å². The molecule has 1 heterocycles. The van der Waals surface area contributed by atoms with Crippen LogP contribution in [-0.2, 0) is 0 Å². The number of nitrogens with one attached hydrogen (secondary N) is 1. The van der Waals surface area contributed by atoms with E-state index < -0.39 is 0 Å². The number of likely N-dealkylation sites (tertiary alicyclic amines) is 1. The minimum absolute atomic E-state index is 0.291. The van der Waals surface area contributed by atoms with Crippen LogP contribution in [0.1, 0.15) is 40.5 Å². The molecule has 102 valence electrons. The minimum Gasteiger partial charge on any atom is -0.396 e. The first kappa shape index (κ1) is 14.9. The fraction of sp³-hybridized carbons (Fsp3) is 1.00. The third-order valence-electron chi connectivity index (χ3n) is 4.13. The average Bonchev–Trinajstić information content (AvgIpc) is 2.72. The summed E-state index contributed by atoms with van der Waals surface area (Å²) < 4.78 is 0. The van der Waals surface area contributed by atoms with Crippen LogP contribution < -0.4 is 5.32 Å². The summed E-state index contributed by atoms with van der Waals surface area (Å²) >= 11 is 0. The monoisotopic (exact) mass is 242 g/mol. The molecule has 3 nitrogen and oxygen atoms in total. The Kier molecular flexibility index (Phi) is 5.90. The Hall–Kier alpha value is -0.120. The van der Waals surface area contributed by atoms with Crippen molar-refractivity contribution in [3.8, 4) is 0 Å². The summed E-state index contributed by atoms with van der Waals surface area (Å²) in [6.07, 6.45) is 2.35. The lowest BCUT2D eigenvalue weighted by atomic mass is 9.84. The highest BCUT2D eigenvalue weighted by molar-refractivity contribution is 4.86. The molecule has 0 aromatic rings. The quantitative estimate of drug-likeness (QED) is 0.713. The van der Waals surface area contributed by atoms with E-state index in [1.165, 1.54) is 6.42 Å².